The maximum Gasteiger partial charge on any atom is 0.338 e. The van der Waals surface area contributed by atoms with Gasteiger partial charge in [0.1, 0.15) is 0 Å². The fourth-order valence-electron chi connectivity index (χ4n) is 3.21. The molecule has 0 aromatic heterocycles. The molecule has 0 radical (unpaired) electrons. The first kappa shape index (κ1) is 25.8. The minimum absolute atomic E-state index is 0.206. The first-order chi connectivity index (χ1) is 16.9. The Hall–Kier alpha value is -3.78. The van der Waals surface area contributed by atoms with Crippen LogP contribution < -0.4 is 0 Å². The number of hydrogen-bond donors (Lipinski definition) is 0. The summed E-state index contributed by atoms with van der Waals surface area (Å²) in [6.07, 6.45) is -3.81. The molecule has 0 heterocycles. The van der Waals surface area contributed by atoms with E-state index in [9.17, 15) is 19.2 Å². The first-order valence-electron chi connectivity index (χ1n) is 10.8. The summed E-state index contributed by atoms with van der Waals surface area (Å²) in [6.45, 7) is 1.66. The number of hydrogen-bond acceptors (Lipinski definition) is 7. The monoisotopic (exact) mass is 538 g/mol. The fraction of sp³-hybridized carbons (Fsp3) is 0.185. The van der Waals surface area contributed by atoms with Crippen molar-refractivity contribution in [1.29, 1.82) is 0 Å². The highest BCUT2D eigenvalue weighted by Crippen LogP contribution is 2.23. The van der Waals surface area contributed by atoms with Crippen LogP contribution in [0, 0.1) is 0 Å². The zero-order chi connectivity index (χ0) is 25.2. The van der Waals surface area contributed by atoms with E-state index in [0.29, 0.717) is 6.29 Å². The Bertz CT molecular complexity index is 1130. The molecule has 0 aliphatic carbocycles. The van der Waals surface area contributed by atoms with Crippen LogP contribution >= 0.6 is 15.9 Å². The summed E-state index contributed by atoms with van der Waals surface area (Å²) in [5, 5.41) is 0. The van der Waals surface area contributed by atoms with Gasteiger partial charge >= 0.3 is 17.9 Å². The molecule has 0 spiro atoms. The average Bonchev–Trinajstić information content (AvgIpc) is 2.90. The van der Waals surface area contributed by atoms with Crippen LogP contribution in [0.15, 0.2) is 91.0 Å². The number of ether oxygens (including phenoxy) is 3. The van der Waals surface area contributed by atoms with Gasteiger partial charge in [-0.3, -0.25) is 4.79 Å². The molecule has 180 valence electrons. The Balaban J connectivity index is 1.92. The third kappa shape index (κ3) is 7.10. The van der Waals surface area contributed by atoms with E-state index in [1.165, 1.54) is 24.3 Å². The summed E-state index contributed by atoms with van der Waals surface area (Å²) < 4.78 is 16.7. The maximum atomic E-state index is 12.9. The normalized spacial score (nSPS) is 14.0. The molecule has 8 heteroatoms. The lowest BCUT2D eigenvalue weighted by Crippen LogP contribution is -2.49. The number of rotatable bonds is 10. The van der Waals surface area contributed by atoms with E-state index < -0.39 is 41.0 Å². The molecule has 0 saturated carbocycles. The van der Waals surface area contributed by atoms with E-state index in [2.05, 4.69) is 15.9 Å². The van der Waals surface area contributed by atoms with Gasteiger partial charge in [-0.2, -0.15) is 0 Å². The van der Waals surface area contributed by atoms with Crippen molar-refractivity contribution in [2.24, 2.45) is 0 Å². The van der Waals surface area contributed by atoms with Gasteiger partial charge in [0.2, 0.25) is 0 Å². The summed E-state index contributed by atoms with van der Waals surface area (Å²) in [7, 11) is 0. The van der Waals surface area contributed by atoms with Gasteiger partial charge in [-0.05, 0) is 43.3 Å². The number of aldehydes is 1. The van der Waals surface area contributed by atoms with Crippen molar-refractivity contribution in [3.8, 4) is 0 Å². The molecule has 0 unspecified atom stereocenters. The lowest BCUT2D eigenvalue weighted by atomic mass is 10.0. The zero-order valence-corrected chi connectivity index (χ0v) is 20.4. The van der Waals surface area contributed by atoms with E-state index in [1.807, 2.05) is 0 Å². The van der Waals surface area contributed by atoms with Gasteiger partial charge in [-0.1, -0.05) is 70.5 Å². The summed E-state index contributed by atoms with van der Waals surface area (Å²) in [4.78, 5) is 49.9. The predicted molar refractivity (Wildman–Crippen MR) is 131 cm³/mol. The minimum Gasteiger partial charge on any atom is -0.453 e. The van der Waals surface area contributed by atoms with E-state index in [0.717, 1.165) is 0 Å². The molecule has 7 nitrogen and oxygen atoms in total. The van der Waals surface area contributed by atoms with Gasteiger partial charge in [0.05, 0.1) is 21.5 Å². The SMILES string of the molecule is C[C@@H](Br)[C@@H](OC(=O)c1ccccc1)[C@@H](OC(=O)c1ccccc1)[C@@H](C=O)OC(=O)c1ccccc1. The lowest BCUT2D eigenvalue weighted by molar-refractivity contribution is -0.128. The molecule has 4 atom stereocenters. The standard InChI is InChI=1S/C27H23BrO7/c1-18(28)23(34-26(31)20-13-7-3-8-14-20)24(35-27(32)21-15-9-4-10-16-21)22(17-29)33-25(30)19-11-5-2-6-12-19/h2-18,22-24H,1H3/t18-,22-,23-,24+/m1/s1. The van der Waals surface area contributed by atoms with Crippen LogP contribution in [-0.2, 0) is 19.0 Å². The number of esters is 3. The Morgan fingerprint density at radius 2 is 0.971 bits per heavy atom. The Morgan fingerprint density at radius 1 is 0.629 bits per heavy atom. The molecule has 3 aromatic rings. The van der Waals surface area contributed by atoms with E-state index in [1.54, 1.807) is 73.7 Å². The highest BCUT2D eigenvalue weighted by molar-refractivity contribution is 9.09. The molecule has 0 bridgehead atoms. The van der Waals surface area contributed by atoms with Crippen molar-refractivity contribution >= 4 is 40.1 Å². The molecule has 3 aromatic carbocycles. The summed E-state index contributed by atoms with van der Waals surface area (Å²) in [5.41, 5.74) is 0.687. The van der Waals surface area contributed by atoms with Crippen molar-refractivity contribution in [1.82, 2.24) is 0 Å². The van der Waals surface area contributed by atoms with Gasteiger partial charge in [-0.15, -0.1) is 0 Å². The summed E-state index contributed by atoms with van der Waals surface area (Å²) in [5.74, 6) is -2.26. The lowest BCUT2D eigenvalue weighted by Gasteiger charge is -2.31. The number of benzene rings is 3. The van der Waals surface area contributed by atoms with Crippen LogP contribution in [0.1, 0.15) is 38.0 Å². The van der Waals surface area contributed by atoms with Gasteiger partial charge < -0.3 is 14.2 Å². The zero-order valence-electron chi connectivity index (χ0n) is 18.8. The third-order valence-electron chi connectivity index (χ3n) is 4.99. The Labute approximate surface area is 211 Å². The van der Waals surface area contributed by atoms with Crippen LogP contribution in [0.3, 0.4) is 0 Å². The van der Waals surface area contributed by atoms with Crippen molar-refractivity contribution < 1.29 is 33.4 Å². The number of halogens is 1. The molecular formula is C27H23BrO7. The second kappa shape index (κ2) is 12.6. The van der Waals surface area contributed by atoms with E-state index in [-0.39, 0.29) is 16.7 Å². The summed E-state index contributed by atoms with van der Waals surface area (Å²) in [6, 6.07) is 24.4. The second-order valence-corrected chi connectivity index (χ2v) is 8.97. The van der Waals surface area contributed by atoms with Crippen LogP contribution in [0.4, 0.5) is 0 Å². The van der Waals surface area contributed by atoms with E-state index >= 15 is 0 Å². The van der Waals surface area contributed by atoms with Crippen molar-refractivity contribution in [2.75, 3.05) is 0 Å². The Morgan fingerprint density at radius 3 is 1.31 bits per heavy atom. The minimum atomic E-state index is -1.55. The summed E-state index contributed by atoms with van der Waals surface area (Å²) >= 11 is 3.37. The van der Waals surface area contributed by atoms with Crippen LogP contribution in [-0.4, -0.2) is 47.3 Å². The van der Waals surface area contributed by atoms with E-state index in [4.69, 9.17) is 14.2 Å². The smallest absolute Gasteiger partial charge is 0.338 e. The van der Waals surface area contributed by atoms with Gasteiger partial charge in [0, 0.05) is 0 Å². The molecule has 0 N–H and O–H groups in total. The molecule has 0 aliphatic heterocycles. The van der Waals surface area contributed by atoms with Gasteiger partial charge in [-0.25, -0.2) is 14.4 Å². The third-order valence-corrected chi connectivity index (χ3v) is 5.51. The number of carbonyl (C=O) groups is 4. The Kier molecular flexibility index (Phi) is 9.31. The molecule has 0 amide bonds. The molecule has 0 aliphatic rings. The van der Waals surface area contributed by atoms with Gasteiger partial charge in [0.15, 0.2) is 24.6 Å². The van der Waals surface area contributed by atoms with Crippen LogP contribution in [0.2, 0.25) is 0 Å². The predicted octanol–water partition coefficient (Wildman–Crippen LogP) is 4.65. The van der Waals surface area contributed by atoms with Crippen molar-refractivity contribution in [3.63, 3.8) is 0 Å². The fourth-order valence-corrected chi connectivity index (χ4v) is 3.62. The number of carbonyl (C=O) groups excluding carboxylic acids is 4. The largest absolute Gasteiger partial charge is 0.453 e. The van der Waals surface area contributed by atoms with Gasteiger partial charge in [0.25, 0.3) is 0 Å². The molecule has 0 fully saturated rings. The van der Waals surface area contributed by atoms with Crippen LogP contribution in [0.25, 0.3) is 0 Å². The topological polar surface area (TPSA) is 96.0 Å². The molecule has 35 heavy (non-hydrogen) atoms. The van der Waals surface area contributed by atoms with Crippen LogP contribution in [0.5, 0.6) is 0 Å². The molecule has 3 rings (SSSR count). The van der Waals surface area contributed by atoms with Crippen molar-refractivity contribution in [2.45, 2.75) is 30.1 Å². The second-order valence-electron chi connectivity index (χ2n) is 7.52. The highest BCUT2D eigenvalue weighted by Gasteiger charge is 2.41. The molecular weight excluding hydrogens is 516 g/mol. The molecule has 0 saturated heterocycles. The number of alkyl halides is 1. The quantitative estimate of drug-likeness (QED) is 0.160. The average molecular weight is 539 g/mol. The van der Waals surface area contributed by atoms with Crippen molar-refractivity contribution in [3.05, 3.63) is 108 Å². The highest BCUT2D eigenvalue weighted by atomic mass is 79.9. The maximum absolute atomic E-state index is 12.9. The first-order valence-corrected chi connectivity index (χ1v) is 11.7.